The van der Waals surface area contributed by atoms with Crippen molar-refractivity contribution in [3.63, 3.8) is 0 Å². The fraction of sp³-hybridized carbons (Fsp3) is 0.556. The van der Waals surface area contributed by atoms with Crippen molar-refractivity contribution in [1.29, 1.82) is 0 Å². The third kappa shape index (κ3) is 4.81. The van der Waals surface area contributed by atoms with E-state index in [-0.39, 0.29) is 10.6 Å². The number of sulfone groups is 1. The van der Waals surface area contributed by atoms with Crippen LogP contribution in [0.1, 0.15) is 39.2 Å². The molecule has 1 aliphatic heterocycles. The molecule has 0 N–H and O–H groups in total. The third-order valence-corrected chi connectivity index (χ3v) is 5.91. The molecule has 1 saturated heterocycles. The van der Waals surface area contributed by atoms with Gasteiger partial charge in [-0.3, -0.25) is 4.90 Å². The Morgan fingerprint density at radius 2 is 1.84 bits per heavy atom. The monoisotopic (exact) mass is 367 g/mol. The lowest BCUT2D eigenvalue weighted by atomic mass is 10.2. The maximum Gasteiger partial charge on any atom is 0.411 e. The first-order valence-electron chi connectivity index (χ1n) is 8.29. The summed E-state index contributed by atoms with van der Waals surface area (Å²) in [5.74, 6) is -0.223. The van der Waals surface area contributed by atoms with Crippen LogP contribution in [0.5, 0.6) is 0 Å². The van der Waals surface area contributed by atoms with E-state index in [0.717, 1.165) is 5.56 Å². The molecule has 1 aliphatic rings. The maximum atomic E-state index is 12.7. The molecule has 1 fully saturated rings. The zero-order valence-electron chi connectivity index (χ0n) is 15.1. The first-order chi connectivity index (χ1) is 11.5. The zero-order chi connectivity index (χ0) is 18.8. The summed E-state index contributed by atoms with van der Waals surface area (Å²) in [5.41, 5.74) is 0.254. The van der Waals surface area contributed by atoms with Gasteiger partial charge in [-0.05, 0) is 52.7 Å². The van der Waals surface area contributed by atoms with Gasteiger partial charge in [-0.25, -0.2) is 13.2 Å². The topological polar surface area (TPSA) is 80.8 Å². The highest BCUT2D eigenvalue weighted by molar-refractivity contribution is 7.91. The number of carbonyl (C=O) groups is 2. The molecule has 1 heterocycles. The first-order valence-corrected chi connectivity index (χ1v) is 9.95. The highest BCUT2D eigenvalue weighted by Gasteiger charge is 2.41. The van der Waals surface area contributed by atoms with Crippen LogP contribution in [0.25, 0.3) is 0 Å². The molecule has 0 aromatic heterocycles. The quantitative estimate of drug-likeness (QED) is 0.765. The summed E-state index contributed by atoms with van der Waals surface area (Å²) in [6.45, 7) is 7.07. The standard InChI is InChI=1S/C18H25NO5S/c1-13-5-9-16(10-6-13)25(22,23)12-15-8-7-14(11-20)19(15)17(21)24-18(2,3)4/h5-6,9-11,14-15H,7-8,12H2,1-4H3. The second kappa shape index (κ2) is 7.15. The van der Waals surface area contributed by atoms with Crippen molar-refractivity contribution >= 4 is 22.2 Å². The van der Waals surface area contributed by atoms with Gasteiger partial charge in [-0.2, -0.15) is 0 Å². The van der Waals surface area contributed by atoms with Crippen LogP contribution in [0.3, 0.4) is 0 Å². The minimum Gasteiger partial charge on any atom is -0.444 e. The number of ether oxygens (including phenoxy) is 1. The van der Waals surface area contributed by atoms with Crippen molar-refractivity contribution in [3.05, 3.63) is 29.8 Å². The molecule has 2 unspecified atom stereocenters. The van der Waals surface area contributed by atoms with E-state index in [9.17, 15) is 18.0 Å². The second-order valence-electron chi connectivity index (χ2n) is 7.42. The van der Waals surface area contributed by atoms with Crippen LogP contribution in [0.15, 0.2) is 29.2 Å². The number of hydrogen-bond donors (Lipinski definition) is 0. The number of likely N-dealkylation sites (tertiary alicyclic amines) is 1. The normalized spacial score (nSPS) is 21.2. The zero-order valence-corrected chi connectivity index (χ0v) is 15.9. The SMILES string of the molecule is Cc1ccc(S(=O)(=O)CC2CCC(C=O)N2C(=O)OC(C)(C)C)cc1. The van der Waals surface area contributed by atoms with Gasteiger partial charge in [0.05, 0.1) is 22.7 Å². The predicted molar refractivity (Wildman–Crippen MR) is 94.2 cm³/mol. The number of rotatable bonds is 4. The van der Waals surface area contributed by atoms with Crippen LogP contribution in [0.2, 0.25) is 0 Å². The van der Waals surface area contributed by atoms with Crippen molar-refractivity contribution in [1.82, 2.24) is 4.90 Å². The summed E-state index contributed by atoms with van der Waals surface area (Å²) < 4.78 is 30.7. The highest BCUT2D eigenvalue weighted by Crippen LogP contribution is 2.28. The molecule has 1 aromatic carbocycles. The molecular formula is C18H25NO5S. The number of nitrogens with zero attached hydrogens (tertiary/aromatic N) is 1. The summed E-state index contributed by atoms with van der Waals surface area (Å²) in [6, 6.07) is 5.39. The highest BCUT2D eigenvalue weighted by atomic mass is 32.2. The molecule has 0 aliphatic carbocycles. The van der Waals surface area contributed by atoms with Gasteiger partial charge in [0, 0.05) is 0 Å². The first kappa shape index (κ1) is 19.4. The number of carbonyl (C=O) groups excluding carboxylic acids is 2. The number of aryl methyl sites for hydroxylation is 1. The molecule has 7 heteroatoms. The van der Waals surface area contributed by atoms with Crippen LogP contribution in [-0.4, -0.2) is 49.1 Å². The molecule has 0 radical (unpaired) electrons. The molecule has 138 valence electrons. The number of aldehydes is 1. The van der Waals surface area contributed by atoms with Gasteiger partial charge >= 0.3 is 6.09 Å². The van der Waals surface area contributed by atoms with Gasteiger partial charge in [0.15, 0.2) is 9.84 Å². The summed E-state index contributed by atoms with van der Waals surface area (Å²) in [6.07, 6.45) is 0.929. The molecule has 25 heavy (non-hydrogen) atoms. The van der Waals surface area contributed by atoms with Crippen molar-refractivity contribution in [2.75, 3.05) is 5.75 Å². The number of benzene rings is 1. The van der Waals surface area contributed by atoms with Gasteiger partial charge in [0.1, 0.15) is 11.9 Å². The second-order valence-corrected chi connectivity index (χ2v) is 9.45. The Morgan fingerprint density at radius 1 is 1.24 bits per heavy atom. The maximum absolute atomic E-state index is 12.7. The van der Waals surface area contributed by atoms with E-state index < -0.39 is 33.6 Å². The lowest BCUT2D eigenvalue weighted by molar-refractivity contribution is -0.112. The minimum absolute atomic E-state index is 0.219. The molecule has 6 nitrogen and oxygen atoms in total. The van der Waals surface area contributed by atoms with Crippen molar-refractivity contribution in [2.45, 2.75) is 63.1 Å². The predicted octanol–water partition coefficient (Wildman–Crippen LogP) is 2.74. The van der Waals surface area contributed by atoms with Crippen molar-refractivity contribution < 1.29 is 22.7 Å². The summed E-state index contributed by atoms with van der Waals surface area (Å²) in [7, 11) is -3.57. The fourth-order valence-corrected chi connectivity index (χ4v) is 4.48. The van der Waals surface area contributed by atoms with Gasteiger partial charge in [0.2, 0.25) is 0 Å². The van der Waals surface area contributed by atoms with Crippen LogP contribution in [0.4, 0.5) is 4.79 Å². The lowest BCUT2D eigenvalue weighted by Crippen LogP contribution is -2.47. The fourth-order valence-electron chi connectivity index (χ4n) is 2.90. The molecule has 2 atom stereocenters. The van der Waals surface area contributed by atoms with E-state index in [1.807, 2.05) is 6.92 Å². The van der Waals surface area contributed by atoms with Gasteiger partial charge in [-0.1, -0.05) is 17.7 Å². The average molecular weight is 367 g/mol. The van der Waals surface area contributed by atoms with E-state index in [1.54, 1.807) is 45.0 Å². The summed E-state index contributed by atoms with van der Waals surface area (Å²) in [4.78, 5) is 25.3. The Morgan fingerprint density at radius 3 is 2.36 bits per heavy atom. The van der Waals surface area contributed by atoms with Gasteiger partial charge in [0.25, 0.3) is 0 Å². The lowest BCUT2D eigenvalue weighted by Gasteiger charge is -2.30. The van der Waals surface area contributed by atoms with Crippen LogP contribution < -0.4 is 0 Å². The van der Waals surface area contributed by atoms with Crippen molar-refractivity contribution in [2.24, 2.45) is 0 Å². The van der Waals surface area contributed by atoms with E-state index in [0.29, 0.717) is 19.1 Å². The Bertz CT molecular complexity index is 734. The molecule has 2 rings (SSSR count). The van der Waals surface area contributed by atoms with E-state index in [1.165, 1.54) is 4.90 Å². The van der Waals surface area contributed by atoms with Crippen LogP contribution >= 0.6 is 0 Å². The van der Waals surface area contributed by atoms with E-state index in [4.69, 9.17) is 4.74 Å². The number of amides is 1. The Labute approximate surface area is 149 Å². The Balaban J connectivity index is 2.22. The van der Waals surface area contributed by atoms with Crippen LogP contribution in [0, 0.1) is 6.92 Å². The van der Waals surface area contributed by atoms with Gasteiger partial charge in [-0.15, -0.1) is 0 Å². The smallest absolute Gasteiger partial charge is 0.411 e. The largest absolute Gasteiger partial charge is 0.444 e. The average Bonchev–Trinajstić information content (AvgIpc) is 2.88. The number of hydrogen-bond acceptors (Lipinski definition) is 5. The van der Waals surface area contributed by atoms with Crippen molar-refractivity contribution in [3.8, 4) is 0 Å². The molecule has 0 spiro atoms. The molecular weight excluding hydrogens is 342 g/mol. The molecule has 1 aromatic rings. The summed E-state index contributed by atoms with van der Waals surface area (Å²) >= 11 is 0. The van der Waals surface area contributed by atoms with Gasteiger partial charge < -0.3 is 9.53 Å². The third-order valence-electron chi connectivity index (χ3n) is 4.10. The Kier molecular flexibility index (Phi) is 5.56. The van der Waals surface area contributed by atoms with E-state index >= 15 is 0 Å². The molecule has 0 bridgehead atoms. The van der Waals surface area contributed by atoms with Crippen LogP contribution in [-0.2, 0) is 19.4 Å². The minimum atomic E-state index is -3.57. The molecule has 1 amide bonds. The molecule has 0 saturated carbocycles. The van der Waals surface area contributed by atoms with E-state index in [2.05, 4.69) is 0 Å². The Hall–Kier alpha value is -1.89. The summed E-state index contributed by atoms with van der Waals surface area (Å²) in [5, 5.41) is 0.